The minimum absolute atomic E-state index is 0.129. The lowest BCUT2D eigenvalue weighted by Gasteiger charge is -2.24. The van der Waals surface area contributed by atoms with Crippen molar-refractivity contribution in [3.05, 3.63) is 52.0 Å². The van der Waals surface area contributed by atoms with Gasteiger partial charge in [0.1, 0.15) is 16.8 Å². The zero-order valence-corrected chi connectivity index (χ0v) is 16.8. The fourth-order valence-electron chi connectivity index (χ4n) is 3.57. The summed E-state index contributed by atoms with van der Waals surface area (Å²) in [5.41, 5.74) is 3.52. The number of cyclic esters (lactones) is 1. The number of furan rings is 1. The fourth-order valence-corrected chi connectivity index (χ4v) is 3.57. The largest absolute Gasteiger partial charge is 0.441 e. The molecule has 2 fully saturated rings. The summed E-state index contributed by atoms with van der Waals surface area (Å²) in [6, 6.07) is 6.68. The average Bonchev–Trinajstić information content (AvgIpc) is 3.34. The van der Waals surface area contributed by atoms with Gasteiger partial charge in [0.05, 0.1) is 37.1 Å². The number of hydrogen-bond acceptors (Lipinski definition) is 9. The Kier molecular flexibility index (Phi) is 5.92. The number of hydrogen-bond donors (Lipinski definition) is 2. The van der Waals surface area contributed by atoms with E-state index in [9.17, 15) is 24.1 Å². The number of nitro groups is 1. The zero-order chi connectivity index (χ0) is 22.8. The maximum atomic E-state index is 14.9. The molecule has 0 spiro atoms. The molecule has 1 aromatic carbocycles. The first-order chi connectivity index (χ1) is 15.4. The molecule has 4 rings (SSSR count). The van der Waals surface area contributed by atoms with Crippen molar-refractivity contribution < 1.29 is 33.2 Å². The van der Waals surface area contributed by atoms with Crippen LogP contribution >= 0.6 is 0 Å². The Morgan fingerprint density at radius 1 is 1.28 bits per heavy atom. The highest BCUT2D eigenvalue weighted by molar-refractivity contribution is 5.91. The Morgan fingerprint density at radius 2 is 2.09 bits per heavy atom. The van der Waals surface area contributed by atoms with Crippen LogP contribution in [0.15, 0.2) is 34.7 Å². The van der Waals surface area contributed by atoms with Crippen LogP contribution in [0.4, 0.5) is 26.4 Å². The molecule has 0 radical (unpaired) electrons. The van der Waals surface area contributed by atoms with Crippen LogP contribution in [0, 0.1) is 15.9 Å². The number of halogens is 1. The fraction of sp³-hybridized carbons (Fsp3) is 0.368. The van der Waals surface area contributed by atoms with Gasteiger partial charge >= 0.3 is 17.9 Å². The summed E-state index contributed by atoms with van der Waals surface area (Å²) in [6.07, 6.45) is -1.30. The number of carbonyl (C=O) groups excluding carboxylic acids is 2. The number of nitrogens with zero attached hydrogens (tertiary/aromatic N) is 4. The number of carbonyl (C=O) groups is 2. The molecule has 1 atom stereocenters. The lowest BCUT2D eigenvalue weighted by molar-refractivity contribution is -0.402. The molecule has 2 saturated heterocycles. The van der Waals surface area contributed by atoms with Crippen molar-refractivity contribution in [2.45, 2.75) is 6.10 Å². The van der Waals surface area contributed by atoms with E-state index in [0.717, 1.165) is 6.07 Å². The average molecular weight is 449 g/mol. The second-order valence-electron chi connectivity index (χ2n) is 7.18. The maximum absolute atomic E-state index is 14.9. The zero-order valence-electron chi connectivity index (χ0n) is 16.8. The first-order valence-electron chi connectivity index (χ1n) is 9.80. The van der Waals surface area contributed by atoms with Crippen LogP contribution in [0.1, 0.15) is 10.6 Å². The molecule has 0 saturated carbocycles. The van der Waals surface area contributed by atoms with Gasteiger partial charge in [0.2, 0.25) is 5.76 Å². The number of anilines is 2. The minimum atomic E-state index is -0.730. The molecule has 170 valence electrons. The summed E-state index contributed by atoms with van der Waals surface area (Å²) >= 11 is 0. The minimum Gasteiger partial charge on any atom is -0.441 e. The van der Waals surface area contributed by atoms with Gasteiger partial charge < -0.3 is 19.2 Å². The van der Waals surface area contributed by atoms with E-state index in [2.05, 4.69) is 5.43 Å². The second-order valence-corrected chi connectivity index (χ2v) is 7.18. The van der Waals surface area contributed by atoms with Crippen molar-refractivity contribution in [1.29, 1.82) is 0 Å². The SMILES string of the molecule is O=C(c1ccc([N+](=O)[O-])o1)N1CCN(c2ccc(N3C[C@H](CO)OC3=O)cc2F)CCN1. The van der Waals surface area contributed by atoms with Crippen molar-refractivity contribution in [1.82, 2.24) is 10.4 Å². The van der Waals surface area contributed by atoms with Gasteiger partial charge in [-0.25, -0.2) is 14.6 Å². The van der Waals surface area contributed by atoms with Gasteiger partial charge in [-0.05, 0) is 24.3 Å². The Labute approximate surface area is 180 Å². The van der Waals surface area contributed by atoms with Crippen LogP contribution < -0.4 is 15.2 Å². The number of benzene rings is 1. The van der Waals surface area contributed by atoms with E-state index in [1.165, 1.54) is 28.1 Å². The standard InChI is InChI=1S/C19H20FN5O7/c20-14-9-12(23-10-13(11-26)31-19(23)28)1-2-15(14)22-6-5-21-24(8-7-22)18(27)16-3-4-17(32-16)25(29)30/h1-4,9,13,21,26H,5-8,10-11H2/t13-/m1/s1. The molecule has 2 N–H and O–H groups in total. The summed E-state index contributed by atoms with van der Waals surface area (Å²) < 4.78 is 24.8. The van der Waals surface area contributed by atoms with E-state index in [-0.39, 0.29) is 32.0 Å². The monoisotopic (exact) mass is 449 g/mol. The number of nitrogens with one attached hydrogen (secondary N) is 1. The van der Waals surface area contributed by atoms with Crippen LogP contribution in [0.25, 0.3) is 0 Å². The van der Waals surface area contributed by atoms with E-state index < -0.39 is 34.7 Å². The third kappa shape index (κ3) is 4.20. The van der Waals surface area contributed by atoms with Gasteiger partial charge in [-0.1, -0.05) is 0 Å². The van der Waals surface area contributed by atoms with E-state index in [1.54, 1.807) is 11.0 Å². The van der Waals surface area contributed by atoms with Crippen molar-refractivity contribution in [2.24, 2.45) is 0 Å². The molecule has 0 unspecified atom stereocenters. The predicted octanol–water partition coefficient (Wildman–Crippen LogP) is 1.11. The highest BCUT2D eigenvalue weighted by Gasteiger charge is 2.32. The number of amides is 2. The predicted molar refractivity (Wildman–Crippen MR) is 108 cm³/mol. The molecule has 3 heterocycles. The van der Waals surface area contributed by atoms with Crippen molar-refractivity contribution in [3.63, 3.8) is 0 Å². The third-order valence-electron chi connectivity index (χ3n) is 5.17. The summed E-state index contributed by atoms with van der Waals surface area (Å²) in [5.74, 6) is -1.82. The number of ether oxygens (including phenoxy) is 1. The first kappa shape index (κ1) is 21.5. The van der Waals surface area contributed by atoms with E-state index in [0.29, 0.717) is 24.5 Å². The molecule has 2 amide bonds. The topological polar surface area (TPSA) is 142 Å². The maximum Gasteiger partial charge on any atom is 0.433 e. The molecule has 32 heavy (non-hydrogen) atoms. The van der Waals surface area contributed by atoms with Gasteiger partial charge in [0, 0.05) is 19.6 Å². The molecule has 12 nitrogen and oxygen atoms in total. The lowest BCUT2D eigenvalue weighted by atomic mass is 10.2. The van der Waals surface area contributed by atoms with Gasteiger partial charge in [0.25, 0.3) is 0 Å². The lowest BCUT2D eigenvalue weighted by Crippen LogP contribution is -2.43. The molecular weight excluding hydrogens is 429 g/mol. The van der Waals surface area contributed by atoms with Crippen LogP contribution in [0.3, 0.4) is 0 Å². The quantitative estimate of drug-likeness (QED) is 0.507. The molecular formula is C19H20FN5O7. The normalized spacial score (nSPS) is 19.1. The highest BCUT2D eigenvalue weighted by Crippen LogP contribution is 2.28. The molecule has 2 aliphatic heterocycles. The smallest absolute Gasteiger partial charge is 0.433 e. The van der Waals surface area contributed by atoms with Crippen LogP contribution in [0.5, 0.6) is 0 Å². The van der Waals surface area contributed by atoms with E-state index >= 15 is 0 Å². The summed E-state index contributed by atoms with van der Waals surface area (Å²) in [5, 5.41) is 21.2. The number of hydrazine groups is 1. The van der Waals surface area contributed by atoms with Crippen LogP contribution in [-0.2, 0) is 4.74 Å². The Bertz CT molecular complexity index is 1040. The van der Waals surface area contributed by atoms with E-state index in [4.69, 9.17) is 14.3 Å². The molecule has 13 heteroatoms. The highest BCUT2D eigenvalue weighted by atomic mass is 19.1. The van der Waals surface area contributed by atoms with Gasteiger partial charge in [-0.15, -0.1) is 0 Å². The molecule has 2 aromatic rings. The number of aliphatic hydroxyl groups is 1. The molecule has 0 aliphatic carbocycles. The molecule has 2 aliphatic rings. The van der Waals surface area contributed by atoms with Gasteiger partial charge in [-0.3, -0.25) is 24.8 Å². The molecule has 0 bridgehead atoms. The van der Waals surface area contributed by atoms with Gasteiger partial charge in [0.15, 0.2) is 0 Å². The van der Waals surface area contributed by atoms with Crippen molar-refractivity contribution in [3.8, 4) is 0 Å². The molecule has 1 aromatic heterocycles. The van der Waals surface area contributed by atoms with Crippen LogP contribution in [0.2, 0.25) is 0 Å². The number of rotatable bonds is 5. The second kappa shape index (κ2) is 8.80. The van der Waals surface area contributed by atoms with Crippen LogP contribution in [-0.4, -0.2) is 72.5 Å². The Morgan fingerprint density at radius 3 is 2.75 bits per heavy atom. The third-order valence-corrected chi connectivity index (χ3v) is 5.17. The van der Waals surface area contributed by atoms with Crippen molar-refractivity contribution >= 4 is 29.3 Å². The summed E-state index contributed by atoms with van der Waals surface area (Å²) in [4.78, 5) is 37.5. The summed E-state index contributed by atoms with van der Waals surface area (Å²) in [7, 11) is 0. The Balaban J connectivity index is 1.43. The van der Waals surface area contributed by atoms with E-state index in [1.807, 2.05) is 0 Å². The Hall–Kier alpha value is -3.71. The number of aliphatic hydroxyl groups excluding tert-OH is 1. The van der Waals surface area contributed by atoms with Gasteiger partial charge in [-0.2, -0.15) is 0 Å². The first-order valence-corrected chi connectivity index (χ1v) is 9.80. The van der Waals surface area contributed by atoms with Crippen molar-refractivity contribution in [2.75, 3.05) is 49.1 Å². The summed E-state index contributed by atoms with van der Waals surface area (Å²) in [6.45, 7) is 0.971.